The van der Waals surface area contributed by atoms with Gasteiger partial charge in [0.2, 0.25) is 0 Å². The lowest BCUT2D eigenvalue weighted by Gasteiger charge is -2.54. The topological polar surface area (TPSA) is 21.3 Å². The Labute approximate surface area is 124 Å². The summed E-state index contributed by atoms with van der Waals surface area (Å²) in [4.78, 5) is 0. The molecule has 0 heterocycles. The van der Waals surface area contributed by atoms with E-state index in [1.165, 1.54) is 57.8 Å². The van der Waals surface area contributed by atoms with Crippen LogP contribution in [0.4, 0.5) is 0 Å². The van der Waals surface area contributed by atoms with Crippen LogP contribution in [-0.4, -0.2) is 25.3 Å². The molecule has 0 aromatic rings. The Morgan fingerprint density at radius 2 is 1.45 bits per heavy atom. The van der Waals surface area contributed by atoms with E-state index in [2.05, 4.69) is 5.32 Å². The van der Waals surface area contributed by atoms with Crippen LogP contribution in [0.2, 0.25) is 0 Å². The molecule has 2 nitrogen and oxygen atoms in total. The maximum atomic E-state index is 6.06. The van der Waals surface area contributed by atoms with Crippen LogP contribution in [-0.2, 0) is 4.74 Å². The van der Waals surface area contributed by atoms with E-state index in [0.29, 0.717) is 6.10 Å². The maximum absolute atomic E-state index is 6.06. The lowest BCUT2D eigenvalue weighted by Crippen LogP contribution is -2.55. The summed E-state index contributed by atoms with van der Waals surface area (Å²) >= 11 is 0. The van der Waals surface area contributed by atoms with Gasteiger partial charge in [0.05, 0.1) is 12.7 Å². The minimum Gasteiger partial charge on any atom is -0.377 e. The monoisotopic (exact) mass is 277 g/mol. The molecule has 1 N–H and O–H groups in total. The van der Waals surface area contributed by atoms with Gasteiger partial charge in [-0.25, -0.2) is 0 Å². The molecule has 20 heavy (non-hydrogen) atoms. The predicted octanol–water partition coefficient (Wildman–Crippen LogP) is 3.75. The molecule has 0 aliphatic heterocycles. The summed E-state index contributed by atoms with van der Waals surface area (Å²) in [6.45, 7) is 2.02. The van der Waals surface area contributed by atoms with Crippen LogP contribution in [0.25, 0.3) is 0 Å². The molecule has 5 saturated carbocycles. The summed E-state index contributed by atoms with van der Waals surface area (Å²) in [5, 5.41) is 3.88. The molecule has 4 bridgehead atoms. The van der Waals surface area contributed by atoms with Gasteiger partial charge in [-0.05, 0) is 68.6 Å². The van der Waals surface area contributed by atoms with E-state index in [9.17, 15) is 0 Å². The first-order chi connectivity index (χ1) is 9.88. The van der Waals surface area contributed by atoms with Crippen LogP contribution in [0.1, 0.15) is 64.2 Å². The molecule has 0 amide bonds. The molecule has 0 atom stereocenters. The summed E-state index contributed by atoms with van der Waals surface area (Å²) in [6.07, 6.45) is 15.0. The van der Waals surface area contributed by atoms with Gasteiger partial charge >= 0.3 is 0 Å². The first kappa shape index (κ1) is 13.6. The molecule has 5 rings (SSSR count). The molecular weight excluding hydrogens is 246 g/mol. The van der Waals surface area contributed by atoms with Crippen LogP contribution < -0.4 is 5.32 Å². The highest BCUT2D eigenvalue weighted by Gasteiger charge is 2.47. The van der Waals surface area contributed by atoms with Crippen molar-refractivity contribution >= 4 is 0 Å². The number of nitrogens with one attached hydrogen (secondary N) is 1. The normalized spacial score (nSPS) is 44.1. The van der Waals surface area contributed by atoms with Crippen LogP contribution in [0.5, 0.6) is 0 Å². The largest absolute Gasteiger partial charge is 0.377 e. The number of hydrogen-bond acceptors (Lipinski definition) is 2. The smallest absolute Gasteiger partial charge is 0.0594 e. The van der Waals surface area contributed by atoms with Crippen molar-refractivity contribution in [2.75, 3.05) is 13.2 Å². The molecule has 0 radical (unpaired) electrons. The summed E-state index contributed by atoms with van der Waals surface area (Å²) < 4.78 is 6.06. The molecule has 0 aromatic carbocycles. The van der Waals surface area contributed by atoms with Crippen molar-refractivity contribution in [3.8, 4) is 0 Å². The molecule has 5 aliphatic rings. The zero-order valence-corrected chi connectivity index (χ0v) is 12.9. The molecule has 0 saturated heterocycles. The third-order valence-electron chi connectivity index (χ3n) is 6.61. The van der Waals surface area contributed by atoms with Gasteiger partial charge in [-0.1, -0.05) is 19.3 Å². The van der Waals surface area contributed by atoms with Crippen molar-refractivity contribution in [2.24, 2.45) is 23.7 Å². The molecule has 114 valence electrons. The SMILES string of the molecule is C1CCC(OCCNC2C3CC4CC(C3)CC2C4)CC1. The number of hydrogen-bond donors (Lipinski definition) is 1. The molecule has 0 spiro atoms. The predicted molar refractivity (Wildman–Crippen MR) is 81.7 cm³/mol. The van der Waals surface area contributed by atoms with Crippen molar-refractivity contribution in [3.05, 3.63) is 0 Å². The van der Waals surface area contributed by atoms with Crippen molar-refractivity contribution in [1.82, 2.24) is 5.32 Å². The first-order valence-corrected chi connectivity index (χ1v) is 9.23. The van der Waals surface area contributed by atoms with E-state index in [0.717, 1.165) is 42.9 Å². The van der Waals surface area contributed by atoms with Crippen LogP contribution in [0, 0.1) is 23.7 Å². The van der Waals surface area contributed by atoms with Gasteiger partial charge < -0.3 is 10.1 Å². The van der Waals surface area contributed by atoms with Crippen molar-refractivity contribution in [2.45, 2.75) is 76.4 Å². The average molecular weight is 277 g/mol. The van der Waals surface area contributed by atoms with E-state index in [4.69, 9.17) is 4.74 Å². The van der Waals surface area contributed by atoms with E-state index in [1.807, 2.05) is 0 Å². The van der Waals surface area contributed by atoms with Crippen LogP contribution >= 0.6 is 0 Å². The minimum absolute atomic E-state index is 0.573. The average Bonchev–Trinajstić information content (AvgIpc) is 2.46. The van der Waals surface area contributed by atoms with E-state index >= 15 is 0 Å². The Bertz CT molecular complexity index is 295. The number of rotatable bonds is 5. The molecular formula is C18H31NO. The second-order valence-corrected chi connectivity index (χ2v) is 8.04. The van der Waals surface area contributed by atoms with Gasteiger partial charge in [-0.2, -0.15) is 0 Å². The summed E-state index contributed by atoms with van der Waals surface area (Å²) in [7, 11) is 0. The van der Waals surface area contributed by atoms with Gasteiger partial charge in [0, 0.05) is 12.6 Å². The van der Waals surface area contributed by atoms with E-state index < -0.39 is 0 Å². The van der Waals surface area contributed by atoms with Crippen LogP contribution in [0.3, 0.4) is 0 Å². The molecule has 0 aromatic heterocycles. The lowest BCUT2D eigenvalue weighted by atomic mass is 9.54. The minimum atomic E-state index is 0.573. The molecule has 5 aliphatic carbocycles. The summed E-state index contributed by atoms with van der Waals surface area (Å²) in [5.74, 6) is 4.19. The second kappa shape index (κ2) is 5.96. The molecule has 5 fully saturated rings. The Morgan fingerprint density at radius 1 is 0.800 bits per heavy atom. The van der Waals surface area contributed by atoms with Gasteiger partial charge in [0.1, 0.15) is 0 Å². The van der Waals surface area contributed by atoms with Crippen molar-refractivity contribution in [1.29, 1.82) is 0 Å². The summed E-state index contributed by atoms with van der Waals surface area (Å²) in [5.41, 5.74) is 0. The number of ether oxygens (including phenoxy) is 1. The fourth-order valence-corrected chi connectivity index (χ4v) is 5.94. The fourth-order valence-electron chi connectivity index (χ4n) is 5.94. The van der Waals surface area contributed by atoms with E-state index in [1.54, 1.807) is 6.42 Å². The quantitative estimate of drug-likeness (QED) is 0.773. The zero-order valence-electron chi connectivity index (χ0n) is 12.9. The Morgan fingerprint density at radius 3 is 2.10 bits per heavy atom. The molecule has 2 heteroatoms. The maximum Gasteiger partial charge on any atom is 0.0594 e. The van der Waals surface area contributed by atoms with Gasteiger partial charge in [0.15, 0.2) is 0 Å². The highest BCUT2D eigenvalue weighted by molar-refractivity contribution is 5.01. The lowest BCUT2D eigenvalue weighted by molar-refractivity contribution is -0.0205. The standard InChI is InChI=1S/C18H31NO/c1-2-4-17(5-3-1)20-7-6-19-18-15-9-13-8-14(11-15)12-16(18)10-13/h13-19H,1-12H2. The highest BCUT2D eigenvalue weighted by Crippen LogP contribution is 2.53. The molecule has 0 unspecified atom stereocenters. The zero-order chi connectivity index (χ0) is 13.4. The Balaban J connectivity index is 1.20. The van der Waals surface area contributed by atoms with Gasteiger partial charge in [-0.15, -0.1) is 0 Å². The van der Waals surface area contributed by atoms with Crippen LogP contribution in [0.15, 0.2) is 0 Å². The second-order valence-electron chi connectivity index (χ2n) is 8.04. The van der Waals surface area contributed by atoms with Crippen molar-refractivity contribution < 1.29 is 4.74 Å². The first-order valence-electron chi connectivity index (χ1n) is 9.23. The van der Waals surface area contributed by atoms with Gasteiger partial charge in [0.25, 0.3) is 0 Å². The third-order valence-corrected chi connectivity index (χ3v) is 6.61. The highest BCUT2D eigenvalue weighted by atomic mass is 16.5. The Hall–Kier alpha value is -0.0800. The fraction of sp³-hybridized carbons (Fsp3) is 1.00. The van der Waals surface area contributed by atoms with Crippen molar-refractivity contribution in [3.63, 3.8) is 0 Å². The van der Waals surface area contributed by atoms with Gasteiger partial charge in [-0.3, -0.25) is 0 Å². The Kier molecular flexibility index (Phi) is 4.05. The summed E-state index contributed by atoms with van der Waals surface area (Å²) in [6, 6.07) is 0.831. The van der Waals surface area contributed by atoms with E-state index in [-0.39, 0.29) is 0 Å². The third kappa shape index (κ3) is 2.78.